The highest BCUT2D eigenvalue weighted by atomic mass is 16.5. The van der Waals surface area contributed by atoms with E-state index in [-0.39, 0.29) is 11.9 Å². The summed E-state index contributed by atoms with van der Waals surface area (Å²) in [5.74, 6) is -0.318. The van der Waals surface area contributed by atoms with Gasteiger partial charge in [-0.2, -0.15) is 0 Å². The highest BCUT2D eigenvalue weighted by molar-refractivity contribution is 5.95. The van der Waals surface area contributed by atoms with E-state index in [4.69, 9.17) is 9.15 Å². The molecule has 0 aliphatic carbocycles. The number of esters is 1. The zero-order chi connectivity index (χ0) is 21.8. The number of nitrogens with zero attached hydrogens (tertiary/aromatic N) is 2. The first-order chi connectivity index (χ1) is 15.1. The zero-order valence-electron chi connectivity index (χ0n) is 17.2. The third-order valence-electron chi connectivity index (χ3n) is 5.47. The van der Waals surface area contributed by atoms with Crippen LogP contribution in [0.15, 0.2) is 64.4 Å². The minimum atomic E-state index is -0.598. The smallest absolute Gasteiger partial charge is 0.338 e. The molecule has 1 aromatic heterocycles. The van der Waals surface area contributed by atoms with Crippen LogP contribution in [0.2, 0.25) is 0 Å². The van der Waals surface area contributed by atoms with E-state index >= 15 is 0 Å². The molecule has 4 rings (SSSR count). The molecule has 2 N–H and O–H groups in total. The summed E-state index contributed by atoms with van der Waals surface area (Å²) in [4.78, 5) is 41.3. The van der Waals surface area contributed by atoms with E-state index in [0.29, 0.717) is 49.8 Å². The molecule has 3 heterocycles. The van der Waals surface area contributed by atoms with Crippen LogP contribution in [0.3, 0.4) is 0 Å². The van der Waals surface area contributed by atoms with Crippen molar-refractivity contribution in [3.63, 3.8) is 0 Å². The first kappa shape index (κ1) is 20.7. The number of hydrogen-bond donors (Lipinski definition) is 2. The molecule has 1 atom stereocenters. The molecule has 0 radical (unpaired) electrons. The Balaban J connectivity index is 1.51. The minimum Gasteiger partial charge on any atom is -0.466 e. The van der Waals surface area contributed by atoms with Crippen molar-refractivity contribution in [2.24, 2.45) is 0 Å². The zero-order valence-corrected chi connectivity index (χ0v) is 17.2. The lowest BCUT2D eigenvalue weighted by Crippen LogP contribution is -2.52. The molecule has 2 aliphatic rings. The van der Waals surface area contributed by atoms with Gasteiger partial charge in [0, 0.05) is 38.4 Å². The lowest BCUT2D eigenvalue weighted by Gasteiger charge is -2.36. The first-order valence-corrected chi connectivity index (χ1v) is 10.1. The second-order valence-corrected chi connectivity index (χ2v) is 7.37. The van der Waals surface area contributed by atoms with Crippen molar-refractivity contribution in [3.05, 3.63) is 71.3 Å². The minimum absolute atomic E-state index is 0.140. The van der Waals surface area contributed by atoms with Crippen molar-refractivity contribution in [3.8, 4) is 0 Å². The van der Waals surface area contributed by atoms with Crippen LogP contribution in [0.25, 0.3) is 0 Å². The Labute approximate surface area is 179 Å². The van der Waals surface area contributed by atoms with E-state index in [9.17, 15) is 14.4 Å². The molecule has 1 saturated heterocycles. The molecule has 9 nitrogen and oxygen atoms in total. The molecule has 1 aromatic carbocycles. The Morgan fingerprint density at radius 2 is 1.84 bits per heavy atom. The number of furan rings is 1. The summed E-state index contributed by atoms with van der Waals surface area (Å²) in [6.07, 6.45) is 1.48. The molecule has 0 spiro atoms. The van der Waals surface area contributed by atoms with E-state index in [0.717, 1.165) is 5.56 Å². The maximum Gasteiger partial charge on any atom is 0.338 e. The number of rotatable bonds is 5. The van der Waals surface area contributed by atoms with Gasteiger partial charge in [-0.15, -0.1) is 0 Å². The average molecular weight is 424 g/mol. The standard InChI is InChI=1S/C22H24N4O5/c1-30-21(28)18-16(23-22(29)24-19(18)15-6-3-2-4-7-15)14-25-9-11-26(12-10-25)20(27)17-8-5-13-31-17/h2-8,13,19H,9-12,14H2,1H3,(H2,23,24,29). The van der Waals surface area contributed by atoms with Crippen molar-refractivity contribution in [2.75, 3.05) is 39.8 Å². The van der Waals surface area contributed by atoms with Crippen LogP contribution in [0.4, 0.5) is 4.79 Å². The predicted molar refractivity (Wildman–Crippen MR) is 111 cm³/mol. The molecular formula is C22H24N4O5. The largest absolute Gasteiger partial charge is 0.466 e. The Bertz CT molecular complexity index is 979. The van der Waals surface area contributed by atoms with Crippen LogP contribution < -0.4 is 10.6 Å². The molecule has 0 bridgehead atoms. The van der Waals surface area contributed by atoms with E-state index in [2.05, 4.69) is 15.5 Å². The van der Waals surface area contributed by atoms with Gasteiger partial charge in [0.25, 0.3) is 5.91 Å². The van der Waals surface area contributed by atoms with Gasteiger partial charge >= 0.3 is 12.0 Å². The first-order valence-electron chi connectivity index (χ1n) is 10.1. The number of amides is 3. The molecule has 2 aliphatic heterocycles. The summed E-state index contributed by atoms with van der Waals surface area (Å²) < 4.78 is 10.2. The van der Waals surface area contributed by atoms with E-state index in [1.54, 1.807) is 17.0 Å². The maximum atomic E-state index is 12.6. The monoisotopic (exact) mass is 424 g/mol. The Kier molecular flexibility index (Phi) is 6.03. The van der Waals surface area contributed by atoms with Crippen molar-refractivity contribution >= 4 is 17.9 Å². The number of piperazine rings is 1. The fourth-order valence-corrected chi connectivity index (χ4v) is 3.88. The quantitative estimate of drug-likeness (QED) is 0.706. The molecule has 1 unspecified atom stereocenters. The van der Waals surface area contributed by atoms with Gasteiger partial charge in [0.15, 0.2) is 5.76 Å². The molecule has 0 saturated carbocycles. The number of carbonyl (C=O) groups is 3. The molecule has 2 aromatic rings. The number of hydrogen-bond acceptors (Lipinski definition) is 6. The summed E-state index contributed by atoms with van der Waals surface area (Å²) in [7, 11) is 1.32. The van der Waals surface area contributed by atoms with Crippen LogP contribution in [0.1, 0.15) is 22.2 Å². The number of nitrogens with one attached hydrogen (secondary N) is 2. The van der Waals surface area contributed by atoms with E-state index < -0.39 is 12.0 Å². The van der Waals surface area contributed by atoms with Gasteiger partial charge in [0.1, 0.15) is 0 Å². The summed E-state index contributed by atoms with van der Waals surface area (Å²) >= 11 is 0. The third kappa shape index (κ3) is 4.46. The van der Waals surface area contributed by atoms with Crippen molar-refractivity contribution in [1.29, 1.82) is 0 Å². The van der Waals surface area contributed by atoms with Gasteiger partial charge in [-0.25, -0.2) is 9.59 Å². The third-order valence-corrected chi connectivity index (χ3v) is 5.47. The normalized spacial score (nSPS) is 19.6. The fraction of sp³-hybridized carbons (Fsp3) is 0.318. The number of carbonyl (C=O) groups excluding carboxylic acids is 3. The second-order valence-electron chi connectivity index (χ2n) is 7.37. The lowest BCUT2D eigenvalue weighted by atomic mass is 9.95. The van der Waals surface area contributed by atoms with Gasteiger partial charge in [-0.3, -0.25) is 9.69 Å². The number of ether oxygens (including phenoxy) is 1. The van der Waals surface area contributed by atoms with Gasteiger partial charge in [-0.05, 0) is 17.7 Å². The van der Waals surface area contributed by atoms with Crippen LogP contribution in [0, 0.1) is 0 Å². The molecular weight excluding hydrogens is 400 g/mol. The van der Waals surface area contributed by atoms with Crippen molar-refractivity contribution in [2.45, 2.75) is 6.04 Å². The summed E-state index contributed by atoms with van der Waals surface area (Å²) in [5, 5.41) is 5.59. The van der Waals surface area contributed by atoms with Gasteiger partial charge in [-0.1, -0.05) is 30.3 Å². The van der Waals surface area contributed by atoms with Crippen LogP contribution >= 0.6 is 0 Å². The molecule has 1 fully saturated rings. The van der Waals surface area contributed by atoms with E-state index in [1.165, 1.54) is 13.4 Å². The van der Waals surface area contributed by atoms with Crippen molar-refractivity contribution < 1.29 is 23.5 Å². The Morgan fingerprint density at radius 1 is 1.10 bits per heavy atom. The van der Waals surface area contributed by atoms with Gasteiger partial charge < -0.3 is 24.7 Å². The molecule has 31 heavy (non-hydrogen) atoms. The Hall–Kier alpha value is -3.59. The van der Waals surface area contributed by atoms with Gasteiger partial charge in [0.2, 0.25) is 0 Å². The number of benzene rings is 1. The molecule has 9 heteroatoms. The number of methoxy groups -OCH3 is 1. The van der Waals surface area contributed by atoms with Gasteiger partial charge in [0.05, 0.1) is 25.0 Å². The predicted octanol–water partition coefficient (Wildman–Crippen LogP) is 1.52. The van der Waals surface area contributed by atoms with E-state index in [1.807, 2.05) is 30.3 Å². The van der Waals surface area contributed by atoms with Crippen LogP contribution in [0.5, 0.6) is 0 Å². The second kappa shape index (κ2) is 9.05. The van der Waals surface area contributed by atoms with Crippen LogP contribution in [-0.4, -0.2) is 67.5 Å². The molecule has 3 amide bonds. The molecule has 162 valence electrons. The topological polar surface area (TPSA) is 104 Å². The maximum absolute atomic E-state index is 12.6. The SMILES string of the molecule is COC(=O)C1=C(CN2CCN(C(=O)c3ccco3)CC2)NC(=O)NC1c1ccccc1. The highest BCUT2D eigenvalue weighted by Gasteiger charge is 2.34. The lowest BCUT2D eigenvalue weighted by molar-refractivity contribution is -0.136. The fourth-order valence-electron chi connectivity index (χ4n) is 3.88. The summed E-state index contributed by atoms with van der Waals surface area (Å²) in [6, 6.07) is 11.7. The Morgan fingerprint density at radius 3 is 2.48 bits per heavy atom. The van der Waals surface area contributed by atoms with Crippen molar-refractivity contribution in [1.82, 2.24) is 20.4 Å². The highest BCUT2D eigenvalue weighted by Crippen LogP contribution is 2.28. The summed E-state index contributed by atoms with van der Waals surface area (Å²) in [5.41, 5.74) is 1.68. The number of urea groups is 1. The summed E-state index contributed by atoms with van der Waals surface area (Å²) in [6.45, 7) is 2.61. The average Bonchev–Trinajstić information content (AvgIpc) is 3.34. The van der Waals surface area contributed by atoms with Crippen LogP contribution in [-0.2, 0) is 9.53 Å².